The summed E-state index contributed by atoms with van der Waals surface area (Å²) in [5.74, 6) is -2.06. The maximum absolute atomic E-state index is 12.8. The van der Waals surface area contributed by atoms with Crippen molar-refractivity contribution >= 4 is 17.9 Å². The number of esters is 2. The fourth-order valence-electron chi connectivity index (χ4n) is 7.10. The zero-order valence-electron chi connectivity index (χ0n) is 44.7. The Kier molecular flexibility index (Phi) is 47.8. The van der Waals surface area contributed by atoms with Crippen molar-refractivity contribution in [1.82, 2.24) is 0 Å². The van der Waals surface area contributed by atoms with Gasteiger partial charge in [0.2, 0.25) is 0 Å². The molecule has 0 aliphatic heterocycles. The van der Waals surface area contributed by atoms with Gasteiger partial charge in [-0.25, -0.2) is 4.79 Å². The highest BCUT2D eigenvalue weighted by Gasteiger charge is 2.25. The molecule has 0 rings (SSSR count). The van der Waals surface area contributed by atoms with Crippen molar-refractivity contribution in [1.29, 1.82) is 0 Å². The molecule has 69 heavy (non-hydrogen) atoms. The first kappa shape index (κ1) is 65.2. The van der Waals surface area contributed by atoms with Gasteiger partial charge >= 0.3 is 17.9 Å². The van der Waals surface area contributed by atoms with E-state index in [9.17, 15) is 19.5 Å². The Morgan fingerprint density at radius 3 is 1.26 bits per heavy atom. The second kappa shape index (κ2) is 50.6. The number of hydrogen-bond donors (Lipinski definition) is 1. The van der Waals surface area contributed by atoms with Gasteiger partial charge in [0.05, 0.1) is 34.4 Å². The number of quaternary nitrogens is 1. The molecule has 0 aliphatic rings. The summed E-state index contributed by atoms with van der Waals surface area (Å²) in [6.45, 7) is 4.71. The van der Waals surface area contributed by atoms with Crippen LogP contribution in [0.4, 0.5) is 0 Å². The third-order valence-electron chi connectivity index (χ3n) is 11.3. The average molecular weight is 965 g/mol. The summed E-state index contributed by atoms with van der Waals surface area (Å²) in [4.78, 5) is 37.4. The van der Waals surface area contributed by atoms with Crippen LogP contribution in [0.2, 0.25) is 0 Å². The summed E-state index contributed by atoms with van der Waals surface area (Å²) in [6.07, 6.45) is 64.7. The van der Waals surface area contributed by atoms with Crippen LogP contribution in [0.5, 0.6) is 0 Å². The normalized spacial score (nSPS) is 13.6. The standard InChI is InChI=1S/C60H101NO8/c1-6-8-10-12-14-16-18-20-22-24-26-27-28-29-30-31-33-35-37-39-41-43-45-47-49-51-58(63)69-56(55-68-60(59(64)65)66-53-52-61(3,4)5)54-67-57(62)50-48-46-44-42-40-38-36-34-32-25-23-21-19-17-15-13-11-9-7-2/h8,10,14,16,20-23,26-27,29-30,33,35,39,41,56,60H,6-7,9,11-13,15,17-19,24-25,28,31-32,34,36-38,40,42-55H2,1-5H3/p+1/b10-8-,16-14-,22-20-,23-21-,27-26-,30-29-,35-33-,41-39-. The van der Waals surface area contributed by atoms with Crippen molar-refractivity contribution in [2.24, 2.45) is 0 Å². The van der Waals surface area contributed by atoms with E-state index in [4.69, 9.17) is 18.9 Å². The van der Waals surface area contributed by atoms with Gasteiger partial charge < -0.3 is 28.5 Å². The Morgan fingerprint density at radius 1 is 0.449 bits per heavy atom. The minimum absolute atomic E-state index is 0.175. The monoisotopic (exact) mass is 965 g/mol. The zero-order valence-corrected chi connectivity index (χ0v) is 44.7. The molecule has 0 radical (unpaired) electrons. The molecular formula is C60H102NO8+. The summed E-state index contributed by atoms with van der Waals surface area (Å²) in [6, 6.07) is 0. The number of carboxylic acid groups (broad SMARTS) is 1. The van der Waals surface area contributed by atoms with Crippen molar-refractivity contribution < 1.29 is 42.9 Å². The van der Waals surface area contributed by atoms with Crippen LogP contribution in [0.3, 0.4) is 0 Å². The summed E-state index contributed by atoms with van der Waals surface area (Å²) in [5, 5.41) is 9.69. The van der Waals surface area contributed by atoms with E-state index in [0.717, 1.165) is 83.5 Å². The van der Waals surface area contributed by atoms with E-state index in [2.05, 4.69) is 111 Å². The van der Waals surface area contributed by atoms with Crippen molar-refractivity contribution in [2.45, 2.75) is 219 Å². The first-order valence-electron chi connectivity index (χ1n) is 27.4. The van der Waals surface area contributed by atoms with Crippen molar-refractivity contribution in [3.8, 4) is 0 Å². The smallest absolute Gasteiger partial charge is 0.361 e. The first-order valence-corrected chi connectivity index (χ1v) is 27.4. The Morgan fingerprint density at radius 2 is 0.826 bits per heavy atom. The third-order valence-corrected chi connectivity index (χ3v) is 11.3. The Labute approximate surface area is 422 Å². The Hall–Kier alpha value is -3.79. The van der Waals surface area contributed by atoms with Gasteiger partial charge in [-0.05, 0) is 96.3 Å². The third kappa shape index (κ3) is 51.9. The van der Waals surface area contributed by atoms with Crippen LogP contribution in [0.25, 0.3) is 0 Å². The van der Waals surface area contributed by atoms with Gasteiger partial charge in [-0.2, -0.15) is 0 Å². The van der Waals surface area contributed by atoms with E-state index in [0.29, 0.717) is 17.4 Å². The zero-order chi connectivity index (χ0) is 50.6. The number of unbranched alkanes of at least 4 members (excludes halogenated alkanes) is 18. The van der Waals surface area contributed by atoms with E-state index in [1.807, 2.05) is 21.1 Å². The minimum Gasteiger partial charge on any atom is -0.477 e. The van der Waals surface area contributed by atoms with Crippen molar-refractivity contribution in [3.05, 3.63) is 97.2 Å². The van der Waals surface area contributed by atoms with Crippen LogP contribution in [0.1, 0.15) is 206 Å². The molecule has 9 heteroatoms. The number of carbonyl (C=O) groups excluding carboxylic acids is 2. The van der Waals surface area contributed by atoms with Gasteiger partial charge in [0.25, 0.3) is 6.29 Å². The lowest BCUT2D eigenvalue weighted by atomic mass is 10.1. The van der Waals surface area contributed by atoms with Gasteiger partial charge in [-0.1, -0.05) is 195 Å². The minimum atomic E-state index is -1.53. The maximum atomic E-state index is 12.8. The van der Waals surface area contributed by atoms with E-state index in [1.54, 1.807) is 0 Å². The number of allylic oxidation sites excluding steroid dienone is 16. The maximum Gasteiger partial charge on any atom is 0.361 e. The van der Waals surface area contributed by atoms with Crippen LogP contribution >= 0.6 is 0 Å². The Balaban J connectivity index is 4.40. The molecule has 0 amide bonds. The second-order valence-electron chi connectivity index (χ2n) is 19.2. The molecular weight excluding hydrogens is 863 g/mol. The topological polar surface area (TPSA) is 108 Å². The molecule has 2 unspecified atom stereocenters. The largest absolute Gasteiger partial charge is 0.477 e. The van der Waals surface area contributed by atoms with Crippen LogP contribution in [0.15, 0.2) is 97.2 Å². The molecule has 0 aromatic heterocycles. The van der Waals surface area contributed by atoms with E-state index >= 15 is 0 Å². The predicted octanol–water partition coefficient (Wildman–Crippen LogP) is 15.8. The number of likely N-dealkylation sites (N-methyl/N-ethyl adjacent to an activating group) is 1. The Bertz CT molecular complexity index is 1450. The fourth-order valence-corrected chi connectivity index (χ4v) is 7.10. The van der Waals surface area contributed by atoms with Crippen LogP contribution in [-0.4, -0.2) is 87.4 Å². The van der Waals surface area contributed by atoms with Gasteiger partial charge in [-0.15, -0.1) is 0 Å². The van der Waals surface area contributed by atoms with Gasteiger partial charge in [-0.3, -0.25) is 9.59 Å². The molecule has 0 heterocycles. The number of nitrogens with zero attached hydrogens (tertiary/aromatic N) is 1. The molecule has 0 aromatic rings. The highest BCUT2D eigenvalue weighted by molar-refractivity contribution is 5.71. The second-order valence-corrected chi connectivity index (χ2v) is 19.2. The average Bonchev–Trinajstić information content (AvgIpc) is 3.31. The number of carbonyl (C=O) groups is 3. The fraction of sp³-hybridized carbons (Fsp3) is 0.683. The SMILES string of the molecule is CC/C=C\C/C=C\C/C=C\C/C=C\C/C=C\C/C=C\C/C=C\CCCCCC(=O)OC(COC(=O)CCCCCCCCCCC/C=C\CCCCCCCC)COC(OCC[N+](C)(C)C)C(=O)O. The van der Waals surface area contributed by atoms with Crippen molar-refractivity contribution in [3.63, 3.8) is 0 Å². The first-order chi connectivity index (χ1) is 33.6. The summed E-state index contributed by atoms with van der Waals surface area (Å²) in [7, 11) is 5.94. The molecule has 0 saturated heterocycles. The molecule has 394 valence electrons. The highest BCUT2D eigenvalue weighted by atomic mass is 16.7. The number of hydrogen-bond acceptors (Lipinski definition) is 7. The summed E-state index contributed by atoms with van der Waals surface area (Å²) in [5.41, 5.74) is 0. The van der Waals surface area contributed by atoms with E-state index in [-0.39, 0.29) is 38.6 Å². The number of aliphatic carboxylic acids is 1. The van der Waals surface area contributed by atoms with Crippen LogP contribution < -0.4 is 0 Å². The summed E-state index contributed by atoms with van der Waals surface area (Å²) < 4.78 is 22.8. The molecule has 0 fully saturated rings. The number of rotatable bonds is 49. The molecule has 0 saturated carbocycles. The molecule has 0 bridgehead atoms. The van der Waals surface area contributed by atoms with Gasteiger partial charge in [0.1, 0.15) is 13.2 Å². The van der Waals surface area contributed by atoms with Crippen LogP contribution in [0, 0.1) is 0 Å². The number of ether oxygens (including phenoxy) is 4. The van der Waals surface area contributed by atoms with Gasteiger partial charge in [0, 0.05) is 12.8 Å². The van der Waals surface area contributed by atoms with Crippen LogP contribution in [-0.2, 0) is 33.3 Å². The molecule has 0 aromatic carbocycles. The van der Waals surface area contributed by atoms with Gasteiger partial charge in [0.15, 0.2) is 6.10 Å². The lowest BCUT2D eigenvalue weighted by Crippen LogP contribution is -2.40. The van der Waals surface area contributed by atoms with E-state index in [1.165, 1.54) is 89.9 Å². The predicted molar refractivity (Wildman–Crippen MR) is 290 cm³/mol. The summed E-state index contributed by atoms with van der Waals surface area (Å²) >= 11 is 0. The number of carboxylic acids is 1. The van der Waals surface area contributed by atoms with E-state index < -0.39 is 24.3 Å². The molecule has 2 atom stereocenters. The molecule has 0 aliphatic carbocycles. The quantitative estimate of drug-likeness (QED) is 0.0211. The highest BCUT2D eigenvalue weighted by Crippen LogP contribution is 2.14. The molecule has 0 spiro atoms. The molecule has 1 N–H and O–H groups in total. The lowest BCUT2D eigenvalue weighted by molar-refractivity contribution is -0.870. The molecule has 9 nitrogen and oxygen atoms in total. The lowest BCUT2D eigenvalue weighted by Gasteiger charge is -2.25. The van der Waals surface area contributed by atoms with Crippen molar-refractivity contribution in [2.75, 3.05) is 47.5 Å².